The average Bonchev–Trinajstić information content (AvgIpc) is 2.42. The minimum Gasteiger partial charge on any atom is -0.595 e. The second-order valence-electron chi connectivity index (χ2n) is 12.5. The molecular formula is C24H40O4P2. The van der Waals surface area contributed by atoms with Gasteiger partial charge in [-0.3, -0.25) is 0 Å². The molecule has 30 heavy (non-hydrogen) atoms. The first-order chi connectivity index (χ1) is 13.1. The van der Waals surface area contributed by atoms with Crippen molar-refractivity contribution in [3.8, 4) is 0 Å². The molecule has 0 spiro atoms. The maximum atomic E-state index is 13.1. The smallest absolute Gasteiger partial charge is 0.321 e. The zero-order valence-electron chi connectivity index (χ0n) is 20.8. The van der Waals surface area contributed by atoms with E-state index in [0.717, 1.165) is 0 Å². The van der Waals surface area contributed by atoms with Crippen molar-refractivity contribution in [3.63, 3.8) is 0 Å². The molecular weight excluding hydrogens is 414 g/mol. The fourth-order valence-corrected chi connectivity index (χ4v) is 9.25. The van der Waals surface area contributed by atoms with Crippen LogP contribution in [-0.2, 0) is 19.4 Å². The Kier molecular flexibility index (Phi) is 7.33. The summed E-state index contributed by atoms with van der Waals surface area (Å²) in [7, 11) is -5.90. The van der Waals surface area contributed by atoms with E-state index in [4.69, 9.17) is 0 Å². The largest absolute Gasteiger partial charge is 0.595 e. The minimum absolute atomic E-state index is 0.588. The quantitative estimate of drug-likeness (QED) is 0.489. The van der Waals surface area contributed by atoms with Gasteiger partial charge in [0, 0.05) is 32.8 Å². The van der Waals surface area contributed by atoms with Crippen LogP contribution in [0.1, 0.15) is 94.2 Å². The molecule has 0 aliphatic rings. The Morgan fingerprint density at radius 1 is 0.533 bits per heavy atom. The molecule has 0 amide bonds. The van der Waals surface area contributed by atoms with E-state index in [0.29, 0.717) is 11.1 Å². The fraction of sp³-hybridized carbons (Fsp3) is 0.750. The van der Waals surface area contributed by atoms with Gasteiger partial charge >= 0.3 is 16.1 Å². The first kappa shape index (κ1) is 27.4. The Hall–Kier alpha value is -0.660. The van der Waals surface area contributed by atoms with Gasteiger partial charge in [-0.05, 0) is 0 Å². The van der Waals surface area contributed by atoms with E-state index in [9.17, 15) is 18.9 Å². The molecule has 0 heterocycles. The third kappa shape index (κ3) is 3.83. The summed E-state index contributed by atoms with van der Waals surface area (Å²) < 4.78 is 26.3. The number of hydrogen-bond acceptors (Lipinski definition) is 4. The highest BCUT2D eigenvalue weighted by atomic mass is 31.1. The molecule has 4 nitrogen and oxygen atoms in total. The lowest BCUT2D eigenvalue weighted by Crippen LogP contribution is -2.54. The molecule has 0 N–H and O–H groups in total. The van der Waals surface area contributed by atoms with Crippen molar-refractivity contribution < 1.29 is 18.9 Å². The van der Waals surface area contributed by atoms with E-state index in [1.807, 2.05) is 107 Å². The molecule has 1 aromatic carbocycles. The Bertz CT molecular complexity index is 718. The van der Waals surface area contributed by atoms with Crippen LogP contribution in [0, 0.1) is 21.7 Å². The van der Waals surface area contributed by atoms with E-state index in [-0.39, 0.29) is 0 Å². The topological polar surface area (TPSA) is 80.3 Å². The normalized spacial score (nSPS) is 15.8. The van der Waals surface area contributed by atoms with Crippen LogP contribution in [-0.4, -0.2) is 0 Å². The maximum absolute atomic E-state index is 13.1. The second kappa shape index (κ2) is 8.04. The lowest BCUT2D eigenvalue weighted by molar-refractivity contribution is -0.180. The summed E-state index contributed by atoms with van der Waals surface area (Å²) in [4.78, 5) is 26.3. The lowest BCUT2D eigenvalue weighted by atomic mass is 9.56. The molecule has 1 rings (SSSR count). The van der Waals surface area contributed by atoms with Crippen LogP contribution in [0.25, 0.3) is 0 Å². The fourth-order valence-electron chi connectivity index (χ4n) is 6.27. The zero-order chi connectivity index (χ0) is 24.1. The predicted molar refractivity (Wildman–Crippen MR) is 123 cm³/mol. The molecule has 0 aromatic heterocycles. The summed E-state index contributed by atoms with van der Waals surface area (Å²) in [5, 5.41) is -2.56. The van der Waals surface area contributed by atoms with Crippen molar-refractivity contribution in [1.82, 2.24) is 0 Å². The summed E-state index contributed by atoms with van der Waals surface area (Å²) in [6, 6.07) is 7.28. The van der Waals surface area contributed by atoms with Gasteiger partial charge in [0.2, 0.25) is 0 Å². The molecule has 0 aliphatic carbocycles. The zero-order valence-corrected chi connectivity index (χ0v) is 22.6. The third-order valence-electron chi connectivity index (χ3n) is 6.60. The van der Waals surface area contributed by atoms with Crippen LogP contribution in [0.3, 0.4) is 0 Å². The molecule has 2 unspecified atom stereocenters. The van der Waals surface area contributed by atoms with Crippen molar-refractivity contribution in [1.29, 1.82) is 0 Å². The van der Waals surface area contributed by atoms with Crippen LogP contribution >= 0.6 is 16.1 Å². The number of benzene rings is 1. The van der Waals surface area contributed by atoms with Gasteiger partial charge in [0.15, 0.2) is 10.3 Å². The molecule has 0 bridgehead atoms. The molecule has 0 aliphatic heterocycles. The van der Waals surface area contributed by atoms with Crippen molar-refractivity contribution in [2.75, 3.05) is 0 Å². The summed E-state index contributed by atoms with van der Waals surface area (Å²) in [6.07, 6.45) is 0. The molecule has 2 atom stereocenters. The van der Waals surface area contributed by atoms with Gasteiger partial charge in [-0.1, -0.05) is 116 Å². The molecule has 1 aromatic rings. The first-order valence-corrected chi connectivity index (χ1v) is 12.9. The van der Waals surface area contributed by atoms with E-state index >= 15 is 0 Å². The second-order valence-corrected chi connectivity index (χ2v) is 14.9. The minimum atomic E-state index is -2.95. The summed E-state index contributed by atoms with van der Waals surface area (Å²) in [5.74, 6) is 0. The van der Waals surface area contributed by atoms with E-state index in [1.165, 1.54) is 0 Å². The van der Waals surface area contributed by atoms with Crippen LogP contribution in [0.5, 0.6) is 0 Å². The highest BCUT2D eigenvalue weighted by Gasteiger charge is 2.68. The van der Waals surface area contributed by atoms with Crippen molar-refractivity contribution in [2.45, 2.75) is 93.4 Å². The van der Waals surface area contributed by atoms with E-state index < -0.39 is 48.0 Å². The molecule has 6 heteroatoms. The van der Waals surface area contributed by atoms with Crippen molar-refractivity contribution >= 4 is 16.1 Å². The van der Waals surface area contributed by atoms with Crippen LogP contribution < -0.4 is 9.79 Å². The Morgan fingerprint density at radius 2 is 0.733 bits per heavy atom. The maximum Gasteiger partial charge on any atom is 0.321 e. The highest BCUT2D eigenvalue weighted by Crippen LogP contribution is 2.70. The van der Waals surface area contributed by atoms with Gasteiger partial charge < -0.3 is 9.79 Å². The molecule has 0 fully saturated rings. The summed E-state index contributed by atoms with van der Waals surface area (Å²) in [5.41, 5.74) is -1.52. The Labute approximate surface area is 185 Å². The van der Waals surface area contributed by atoms with Gasteiger partial charge in [0.25, 0.3) is 0 Å². The number of rotatable bonds is 4. The van der Waals surface area contributed by atoms with Gasteiger partial charge in [0.1, 0.15) is 0 Å². The van der Waals surface area contributed by atoms with Gasteiger partial charge in [-0.2, -0.15) is 0 Å². The summed E-state index contributed by atoms with van der Waals surface area (Å²) >= 11 is 0. The van der Waals surface area contributed by atoms with Gasteiger partial charge in [-0.25, -0.2) is 0 Å². The molecule has 0 saturated heterocycles. The molecule has 170 valence electrons. The molecule has 0 radical (unpaired) electrons. The van der Waals surface area contributed by atoms with Crippen LogP contribution in [0.2, 0.25) is 0 Å². The number of hydrogen-bond donors (Lipinski definition) is 0. The van der Waals surface area contributed by atoms with Crippen molar-refractivity contribution in [2.24, 2.45) is 21.7 Å². The average molecular weight is 455 g/mol. The van der Waals surface area contributed by atoms with E-state index in [2.05, 4.69) is 0 Å². The highest BCUT2D eigenvalue weighted by molar-refractivity contribution is 7.38. The third-order valence-corrected chi connectivity index (χ3v) is 10.9. The lowest BCUT2D eigenvalue weighted by Gasteiger charge is -2.52. The molecule has 0 saturated carbocycles. The first-order valence-electron chi connectivity index (χ1n) is 10.5. The standard InChI is InChI=1S/C24H40O4P2/c1-19(2,3)23(29(25)26,20(4,5)6)17-15-13-14-16-18(17)24(30(27)28,21(7,8)9)22(10,11)12/h13-16H,1-12H3. The van der Waals surface area contributed by atoms with Crippen molar-refractivity contribution in [3.05, 3.63) is 35.4 Å². The monoisotopic (exact) mass is 454 g/mol. The van der Waals surface area contributed by atoms with Crippen LogP contribution in [0.4, 0.5) is 0 Å². The van der Waals surface area contributed by atoms with Crippen LogP contribution in [0.15, 0.2) is 24.3 Å². The Balaban J connectivity index is 4.45. The predicted octanol–water partition coefficient (Wildman–Crippen LogP) is 6.47. The van der Waals surface area contributed by atoms with E-state index in [1.54, 1.807) is 0 Å². The van der Waals surface area contributed by atoms with Gasteiger partial charge in [0.05, 0.1) is 0 Å². The van der Waals surface area contributed by atoms with Gasteiger partial charge in [-0.15, -0.1) is 0 Å². The summed E-state index contributed by atoms with van der Waals surface area (Å²) in [6.45, 7) is 23.1. The Morgan fingerprint density at radius 3 is 0.867 bits per heavy atom. The SMILES string of the molecule is CC(C)(C)C(c1ccccc1C([P+](=O)[O-])(C(C)(C)C)C(C)(C)C)([P+](=O)[O-])C(C)(C)C.